The van der Waals surface area contributed by atoms with E-state index in [1.807, 2.05) is 20.8 Å². The number of rotatable bonds is 10. The van der Waals surface area contributed by atoms with Gasteiger partial charge >= 0.3 is 0 Å². The molecule has 10 unspecified atom stereocenters. The summed E-state index contributed by atoms with van der Waals surface area (Å²) in [6.45, 7) is 8.26. The van der Waals surface area contributed by atoms with Crippen molar-refractivity contribution in [1.82, 2.24) is 10.2 Å². The van der Waals surface area contributed by atoms with Crippen molar-refractivity contribution in [3.8, 4) is 0 Å². The van der Waals surface area contributed by atoms with Gasteiger partial charge in [-0.3, -0.25) is 9.59 Å². The van der Waals surface area contributed by atoms with Gasteiger partial charge in [-0.05, 0) is 71.1 Å². The summed E-state index contributed by atoms with van der Waals surface area (Å²) in [5.74, 6) is 1.46. The number of quaternary nitrogens is 1. The van der Waals surface area contributed by atoms with E-state index in [9.17, 15) is 9.59 Å². The molecule has 2 amide bonds. The molecule has 38 heavy (non-hydrogen) atoms. The minimum absolute atomic E-state index is 0.0148. The van der Waals surface area contributed by atoms with Crippen LogP contribution < -0.4 is 10.6 Å². The standard InChI is InChI=1S/C29H49N3O6/c1-16(2)37-14-6-12-31-28(33)17(3)38-18-7-9-22-21(15-18)19-11-13-30-25-20-8-10-23(35-4)27(36-5)24(20)29(34)32(22)26(19)25/h16-27,30H,6-15H2,1-5H3,(H,31,33)/p+1/t17-,18?,19?,20?,21?,22?,23?,24?,25?,26?,27?/m1/s1. The van der Waals surface area contributed by atoms with Gasteiger partial charge in [0.1, 0.15) is 12.1 Å². The number of methoxy groups -OCH3 is 2. The second kappa shape index (κ2) is 12.1. The zero-order valence-electron chi connectivity index (χ0n) is 24.0. The maximum absolute atomic E-state index is 14.2. The van der Waals surface area contributed by atoms with Crippen molar-refractivity contribution in [2.75, 3.05) is 33.9 Å². The molecule has 5 fully saturated rings. The van der Waals surface area contributed by atoms with Crippen molar-refractivity contribution in [2.45, 2.75) is 114 Å². The predicted molar refractivity (Wildman–Crippen MR) is 141 cm³/mol. The minimum Gasteiger partial charge on any atom is -0.379 e. The molecule has 3 aliphatic heterocycles. The molecule has 5 aliphatic rings. The van der Waals surface area contributed by atoms with E-state index in [0.29, 0.717) is 48.9 Å². The van der Waals surface area contributed by atoms with Gasteiger partial charge in [-0.2, -0.15) is 0 Å². The van der Waals surface area contributed by atoms with Gasteiger partial charge in [0.2, 0.25) is 11.8 Å². The van der Waals surface area contributed by atoms with E-state index >= 15 is 0 Å². The number of ether oxygens (including phenoxy) is 4. The summed E-state index contributed by atoms with van der Waals surface area (Å²) in [5.41, 5.74) is 0. The second-order valence-electron chi connectivity index (χ2n) is 12.5. The van der Waals surface area contributed by atoms with Gasteiger partial charge in [-0.1, -0.05) is 0 Å². The molecule has 11 atom stereocenters. The van der Waals surface area contributed by atoms with Crippen LogP contribution in [0.15, 0.2) is 0 Å². The Labute approximate surface area is 228 Å². The minimum atomic E-state index is -0.475. The number of amides is 2. The van der Waals surface area contributed by atoms with Crippen LogP contribution >= 0.6 is 0 Å². The molecule has 3 saturated heterocycles. The molecular weight excluding hydrogens is 486 g/mol. The zero-order chi connectivity index (χ0) is 27.0. The van der Waals surface area contributed by atoms with Crippen LogP contribution in [0.3, 0.4) is 0 Å². The number of fused-ring (bicyclic) bond motifs is 5. The molecular formula is C29H50N3O6+. The first-order valence-corrected chi connectivity index (χ1v) is 15.1. The van der Waals surface area contributed by atoms with E-state index in [-0.39, 0.29) is 42.3 Å². The number of piperidine rings is 2. The van der Waals surface area contributed by atoms with Crippen LogP contribution in [0.4, 0.5) is 0 Å². The predicted octanol–water partition coefficient (Wildman–Crippen LogP) is 1.09. The smallest absolute Gasteiger partial charge is 0.248 e. The van der Waals surface area contributed by atoms with Crippen molar-refractivity contribution >= 4 is 11.8 Å². The van der Waals surface area contributed by atoms with Crippen LogP contribution in [-0.2, 0) is 28.5 Å². The quantitative estimate of drug-likeness (QED) is 0.406. The lowest BCUT2D eigenvalue weighted by atomic mass is 9.64. The molecule has 0 aromatic carbocycles. The Kier molecular flexibility index (Phi) is 8.99. The van der Waals surface area contributed by atoms with Crippen molar-refractivity contribution < 1.29 is 33.9 Å². The average Bonchev–Trinajstić information content (AvgIpc) is 3.25. The highest BCUT2D eigenvalue weighted by Gasteiger charge is 2.66. The Morgan fingerprint density at radius 2 is 1.87 bits per heavy atom. The maximum Gasteiger partial charge on any atom is 0.248 e. The SMILES string of the molecule is COC1CCC2C3[NH2+]CCC4C5CC(O[C@H](C)C(=O)NCCCOC(C)C)CCC5N(C(=O)C2C1OC)C43. The summed E-state index contributed by atoms with van der Waals surface area (Å²) >= 11 is 0. The molecule has 9 heteroatoms. The number of carbonyl (C=O) groups is 2. The summed E-state index contributed by atoms with van der Waals surface area (Å²) in [6, 6.07) is 1.04. The third-order valence-electron chi connectivity index (χ3n) is 10.2. The molecule has 3 heterocycles. The van der Waals surface area contributed by atoms with Gasteiger partial charge in [0.05, 0.1) is 42.9 Å². The van der Waals surface area contributed by atoms with E-state index in [0.717, 1.165) is 51.5 Å². The zero-order valence-corrected chi connectivity index (χ0v) is 24.0. The van der Waals surface area contributed by atoms with E-state index in [4.69, 9.17) is 18.9 Å². The molecule has 3 N–H and O–H groups in total. The maximum atomic E-state index is 14.2. The van der Waals surface area contributed by atoms with Crippen molar-refractivity contribution in [2.24, 2.45) is 23.7 Å². The summed E-state index contributed by atoms with van der Waals surface area (Å²) in [6.07, 6.45) is 6.32. The fourth-order valence-electron chi connectivity index (χ4n) is 8.72. The molecule has 0 bridgehead atoms. The number of nitrogens with zero attached hydrogens (tertiary/aromatic N) is 1. The van der Waals surface area contributed by atoms with Crippen LogP contribution in [0.2, 0.25) is 0 Å². The summed E-state index contributed by atoms with van der Waals surface area (Å²) in [5, 5.41) is 5.53. The number of carbonyl (C=O) groups excluding carboxylic acids is 2. The van der Waals surface area contributed by atoms with Gasteiger partial charge in [-0.25, -0.2) is 0 Å². The highest BCUT2D eigenvalue weighted by molar-refractivity contribution is 5.82. The van der Waals surface area contributed by atoms with Gasteiger partial charge in [0.25, 0.3) is 0 Å². The fraction of sp³-hybridized carbons (Fsp3) is 0.931. The average molecular weight is 537 g/mol. The lowest BCUT2D eigenvalue weighted by Gasteiger charge is -2.53. The first-order valence-electron chi connectivity index (χ1n) is 15.1. The molecule has 216 valence electrons. The third-order valence-corrected chi connectivity index (χ3v) is 10.2. The number of nitrogens with two attached hydrogens (primary N) is 1. The van der Waals surface area contributed by atoms with Crippen LogP contribution in [0.25, 0.3) is 0 Å². The Balaban J connectivity index is 1.23. The normalized spacial score (nSPS) is 40.9. The van der Waals surface area contributed by atoms with Crippen molar-refractivity contribution in [3.05, 3.63) is 0 Å². The fourth-order valence-corrected chi connectivity index (χ4v) is 8.72. The van der Waals surface area contributed by atoms with Crippen LogP contribution in [-0.4, -0.2) is 99.3 Å². The first-order chi connectivity index (χ1) is 18.3. The third kappa shape index (κ3) is 5.26. The van der Waals surface area contributed by atoms with Gasteiger partial charge in [-0.15, -0.1) is 0 Å². The lowest BCUT2D eigenvalue weighted by molar-refractivity contribution is -0.713. The second-order valence-corrected chi connectivity index (χ2v) is 12.5. The molecule has 0 radical (unpaired) electrons. The molecule has 0 aromatic heterocycles. The number of hydrogen-bond donors (Lipinski definition) is 2. The van der Waals surface area contributed by atoms with Crippen LogP contribution in [0.5, 0.6) is 0 Å². The van der Waals surface area contributed by atoms with Crippen molar-refractivity contribution in [1.29, 1.82) is 0 Å². The van der Waals surface area contributed by atoms with Crippen molar-refractivity contribution in [3.63, 3.8) is 0 Å². The highest BCUT2D eigenvalue weighted by Crippen LogP contribution is 2.53. The van der Waals surface area contributed by atoms with E-state index in [2.05, 4.69) is 15.5 Å². The summed E-state index contributed by atoms with van der Waals surface area (Å²) in [4.78, 5) is 29.1. The summed E-state index contributed by atoms with van der Waals surface area (Å²) < 4.78 is 23.6. The molecule has 5 rings (SSSR count). The van der Waals surface area contributed by atoms with Crippen LogP contribution in [0.1, 0.15) is 65.7 Å². The Hall–Kier alpha value is -1.26. The van der Waals surface area contributed by atoms with Gasteiger partial charge < -0.3 is 34.5 Å². The lowest BCUT2D eigenvalue weighted by Crippen LogP contribution is -2.99. The topological polar surface area (TPSA) is 103 Å². The molecule has 9 nitrogen and oxygen atoms in total. The van der Waals surface area contributed by atoms with E-state index in [1.165, 1.54) is 0 Å². The monoisotopic (exact) mass is 536 g/mol. The van der Waals surface area contributed by atoms with Gasteiger partial charge in [0.15, 0.2) is 0 Å². The van der Waals surface area contributed by atoms with E-state index < -0.39 is 6.10 Å². The molecule has 2 aliphatic carbocycles. The van der Waals surface area contributed by atoms with E-state index in [1.54, 1.807) is 14.2 Å². The number of nitrogens with one attached hydrogen (secondary N) is 1. The molecule has 0 spiro atoms. The summed E-state index contributed by atoms with van der Waals surface area (Å²) in [7, 11) is 3.48. The highest BCUT2D eigenvalue weighted by atomic mass is 16.5. The molecule has 2 saturated carbocycles. The Bertz CT molecular complexity index is 841. The first kappa shape index (κ1) is 28.3. The van der Waals surface area contributed by atoms with Gasteiger partial charge in [0, 0.05) is 45.8 Å². The molecule has 0 aromatic rings. The number of hydrogen-bond acceptors (Lipinski definition) is 6. The Morgan fingerprint density at radius 1 is 1.05 bits per heavy atom. The Morgan fingerprint density at radius 3 is 2.61 bits per heavy atom. The van der Waals surface area contributed by atoms with Crippen LogP contribution in [0, 0.1) is 23.7 Å². The largest absolute Gasteiger partial charge is 0.379 e.